The van der Waals surface area contributed by atoms with Crippen molar-refractivity contribution in [3.05, 3.63) is 35.1 Å². The van der Waals surface area contributed by atoms with Crippen LogP contribution in [0.15, 0.2) is 18.2 Å². The van der Waals surface area contributed by atoms with Gasteiger partial charge in [-0.2, -0.15) is 0 Å². The number of rotatable bonds is 2. The predicted molar refractivity (Wildman–Crippen MR) is 75.7 cm³/mol. The summed E-state index contributed by atoms with van der Waals surface area (Å²) < 4.78 is 19.1. The molecule has 1 aliphatic rings. The fourth-order valence-corrected chi connectivity index (χ4v) is 2.31. The molecule has 0 unspecified atom stereocenters. The molecular formula is C16H20FNO2. The van der Waals surface area contributed by atoms with E-state index in [1.807, 2.05) is 0 Å². The molecule has 1 aromatic rings. The van der Waals surface area contributed by atoms with Gasteiger partial charge >= 0.3 is 0 Å². The average molecular weight is 277 g/mol. The van der Waals surface area contributed by atoms with Gasteiger partial charge in [-0.15, -0.1) is 0 Å². The van der Waals surface area contributed by atoms with Gasteiger partial charge in [0.05, 0.1) is 18.8 Å². The number of nitrogens with zero attached hydrogens (tertiary/aromatic N) is 1. The summed E-state index contributed by atoms with van der Waals surface area (Å²) in [4.78, 5) is 2.33. The van der Waals surface area contributed by atoms with Crippen LogP contribution in [0.25, 0.3) is 0 Å². The fraction of sp³-hybridized carbons (Fsp3) is 0.500. The third-order valence-corrected chi connectivity index (χ3v) is 3.52. The highest BCUT2D eigenvalue weighted by Crippen LogP contribution is 2.22. The van der Waals surface area contributed by atoms with Crippen molar-refractivity contribution in [3.8, 4) is 11.8 Å². The monoisotopic (exact) mass is 277 g/mol. The van der Waals surface area contributed by atoms with E-state index in [0.29, 0.717) is 12.2 Å². The van der Waals surface area contributed by atoms with Crippen LogP contribution in [0.5, 0.6) is 0 Å². The lowest BCUT2D eigenvalue weighted by Crippen LogP contribution is -2.52. The molecule has 1 fully saturated rings. The van der Waals surface area contributed by atoms with Crippen LogP contribution in [0.4, 0.5) is 4.39 Å². The Morgan fingerprint density at radius 3 is 2.95 bits per heavy atom. The maximum Gasteiger partial charge on any atom is 0.138 e. The number of hydrogen-bond acceptors (Lipinski definition) is 3. The van der Waals surface area contributed by atoms with E-state index in [9.17, 15) is 4.39 Å². The van der Waals surface area contributed by atoms with Gasteiger partial charge in [-0.25, -0.2) is 4.39 Å². The van der Waals surface area contributed by atoms with Crippen LogP contribution in [-0.2, 0) is 11.3 Å². The minimum atomic E-state index is -0.351. The standard InChI is InChI=1S/C16H20FNO2/c1-16(2)12-20-9-7-18(16)11-13-5-6-15(17)14(10-13)4-3-8-19/h5-6,10,19H,7-9,11-12H2,1-2H3. The van der Waals surface area contributed by atoms with Crippen molar-refractivity contribution in [2.24, 2.45) is 0 Å². The topological polar surface area (TPSA) is 32.7 Å². The highest BCUT2D eigenvalue weighted by Gasteiger charge is 2.30. The molecule has 0 atom stereocenters. The molecule has 0 radical (unpaired) electrons. The van der Waals surface area contributed by atoms with E-state index < -0.39 is 0 Å². The van der Waals surface area contributed by atoms with Crippen molar-refractivity contribution in [2.75, 3.05) is 26.4 Å². The van der Waals surface area contributed by atoms with Gasteiger partial charge in [0.2, 0.25) is 0 Å². The minimum Gasteiger partial charge on any atom is -0.384 e. The van der Waals surface area contributed by atoms with Gasteiger partial charge in [-0.1, -0.05) is 17.9 Å². The van der Waals surface area contributed by atoms with Gasteiger partial charge in [0.1, 0.15) is 12.4 Å². The van der Waals surface area contributed by atoms with Crippen molar-refractivity contribution >= 4 is 0 Å². The molecule has 4 heteroatoms. The summed E-state index contributed by atoms with van der Waals surface area (Å²) in [5.74, 6) is 4.78. The molecule has 0 amide bonds. The van der Waals surface area contributed by atoms with Crippen molar-refractivity contribution in [2.45, 2.75) is 25.9 Å². The Kier molecular flexibility index (Phi) is 4.77. The van der Waals surface area contributed by atoms with Gasteiger partial charge in [0.15, 0.2) is 0 Å². The van der Waals surface area contributed by atoms with Gasteiger partial charge < -0.3 is 9.84 Å². The molecule has 0 spiro atoms. The molecule has 0 saturated carbocycles. The van der Waals surface area contributed by atoms with Crippen LogP contribution in [-0.4, -0.2) is 41.9 Å². The van der Waals surface area contributed by atoms with Crippen LogP contribution in [0, 0.1) is 17.7 Å². The summed E-state index contributed by atoms with van der Waals surface area (Å²) in [5, 5.41) is 8.70. The lowest BCUT2D eigenvalue weighted by molar-refractivity contribution is -0.0552. The van der Waals surface area contributed by atoms with Crippen molar-refractivity contribution in [1.29, 1.82) is 0 Å². The van der Waals surface area contributed by atoms with Crippen molar-refractivity contribution < 1.29 is 14.2 Å². The third-order valence-electron chi connectivity index (χ3n) is 3.52. The summed E-state index contributed by atoms with van der Waals surface area (Å²) >= 11 is 0. The molecule has 20 heavy (non-hydrogen) atoms. The van der Waals surface area contributed by atoms with Gasteiger partial charge in [-0.05, 0) is 31.5 Å². The highest BCUT2D eigenvalue weighted by molar-refractivity contribution is 5.38. The van der Waals surface area contributed by atoms with Crippen LogP contribution < -0.4 is 0 Å². The van der Waals surface area contributed by atoms with Crippen LogP contribution in [0.1, 0.15) is 25.0 Å². The van der Waals surface area contributed by atoms with Gasteiger partial charge in [0.25, 0.3) is 0 Å². The number of aliphatic hydroxyl groups is 1. The summed E-state index contributed by atoms with van der Waals surface area (Å²) in [6.45, 7) is 7.05. The molecule has 1 heterocycles. The largest absolute Gasteiger partial charge is 0.384 e. The summed E-state index contributed by atoms with van der Waals surface area (Å²) in [5.41, 5.74) is 1.33. The molecule has 0 aliphatic carbocycles. The van der Waals surface area contributed by atoms with E-state index in [2.05, 4.69) is 30.6 Å². The number of morpholine rings is 1. The molecule has 3 nitrogen and oxygen atoms in total. The first-order chi connectivity index (χ1) is 9.53. The number of halogens is 1. The van der Waals surface area contributed by atoms with E-state index in [0.717, 1.165) is 25.3 Å². The number of ether oxygens (including phenoxy) is 1. The van der Waals surface area contributed by atoms with Gasteiger partial charge in [-0.3, -0.25) is 4.90 Å². The molecule has 0 aromatic heterocycles. The van der Waals surface area contributed by atoms with E-state index in [4.69, 9.17) is 9.84 Å². The summed E-state index contributed by atoms with van der Waals surface area (Å²) in [7, 11) is 0. The zero-order valence-electron chi connectivity index (χ0n) is 11.9. The smallest absolute Gasteiger partial charge is 0.138 e. The molecule has 1 N–H and O–H groups in total. The highest BCUT2D eigenvalue weighted by atomic mass is 19.1. The van der Waals surface area contributed by atoms with Crippen molar-refractivity contribution in [1.82, 2.24) is 4.90 Å². The first-order valence-electron chi connectivity index (χ1n) is 6.74. The zero-order valence-corrected chi connectivity index (χ0v) is 11.9. The Labute approximate surface area is 119 Å². The lowest BCUT2D eigenvalue weighted by atomic mass is 10.0. The van der Waals surface area contributed by atoms with Crippen molar-refractivity contribution in [3.63, 3.8) is 0 Å². The second-order valence-corrected chi connectivity index (χ2v) is 5.56. The number of aliphatic hydroxyl groups excluding tert-OH is 1. The Bertz CT molecular complexity index is 531. The van der Waals surface area contributed by atoms with E-state index >= 15 is 0 Å². The Balaban J connectivity index is 2.17. The third kappa shape index (κ3) is 3.57. The number of hydrogen-bond donors (Lipinski definition) is 1. The Morgan fingerprint density at radius 1 is 1.45 bits per heavy atom. The summed E-state index contributed by atoms with van der Waals surface area (Å²) in [6.07, 6.45) is 0. The second kappa shape index (κ2) is 6.36. The maximum absolute atomic E-state index is 13.6. The number of benzene rings is 1. The van der Waals surface area contributed by atoms with E-state index in [1.54, 1.807) is 12.1 Å². The zero-order chi connectivity index (χ0) is 14.6. The predicted octanol–water partition coefficient (Wildman–Crippen LogP) is 1.78. The molecule has 1 aromatic carbocycles. The minimum absolute atomic E-state index is 0.0242. The molecule has 0 bridgehead atoms. The molecule has 1 saturated heterocycles. The SMILES string of the molecule is CC1(C)COCCN1Cc1ccc(F)c(C#CCO)c1. The molecule has 2 rings (SSSR count). The van der Waals surface area contributed by atoms with Crippen LogP contribution >= 0.6 is 0 Å². The lowest BCUT2D eigenvalue weighted by Gasteiger charge is -2.42. The van der Waals surface area contributed by atoms with E-state index in [-0.39, 0.29) is 18.0 Å². The Morgan fingerprint density at radius 2 is 2.25 bits per heavy atom. The van der Waals surface area contributed by atoms with E-state index in [1.165, 1.54) is 6.07 Å². The summed E-state index contributed by atoms with van der Waals surface area (Å²) in [6, 6.07) is 4.97. The molecular weight excluding hydrogens is 257 g/mol. The second-order valence-electron chi connectivity index (χ2n) is 5.56. The molecule has 1 aliphatic heterocycles. The maximum atomic E-state index is 13.6. The quantitative estimate of drug-likeness (QED) is 0.836. The first-order valence-corrected chi connectivity index (χ1v) is 6.74. The van der Waals surface area contributed by atoms with Crippen LogP contribution in [0.2, 0.25) is 0 Å². The Hall–Kier alpha value is -1.41. The first kappa shape index (κ1) is 15.0. The van der Waals surface area contributed by atoms with Gasteiger partial charge in [0, 0.05) is 18.6 Å². The van der Waals surface area contributed by atoms with Crippen LogP contribution in [0.3, 0.4) is 0 Å². The average Bonchev–Trinajstić information content (AvgIpc) is 2.41. The molecule has 108 valence electrons. The fourth-order valence-electron chi connectivity index (χ4n) is 2.31. The normalized spacial score (nSPS) is 18.4.